The smallest absolute Gasteiger partial charge is 0.160 e. The van der Waals surface area contributed by atoms with E-state index in [0.29, 0.717) is 5.84 Å². The Morgan fingerprint density at radius 2 is 1.16 bits per heavy atom. The first kappa shape index (κ1) is 31.8. The molecule has 0 radical (unpaired) electrons. The molecule has 0 bridgehead atoms. The quantitative estimate of drug-likeness (QED) is 0.184. The van der Waals surface area contributed by atoms with Gasteiger partial charge in [-0.2, -0.15) is 0 Å². The van der Waals surface area contributed by atoms with Crippen LogP contribution in [0.4, 0.5) is 0 Å². The van der Waals surface area contributed by atoms with Gasteiger partial charge in [0.25, 0.3) is 0 Å². The third-order valence-electron chi connectivity index (χ3n) is 11.8. The van der Waals surface area contributed by atoms with Crippen molar-refractivity contribution < 1.29 is 4.42 Å². The second-order valence-electron chi connectivity index (χ2n) is 15.0. The molecule has 9 aromatic carbocycles. The molecular formula is C53H33N3O. The van der Waals surface area contributed by atoms with Gasteiger partial charge in [-0.1, -0.05) is 158 Å². The van der Waals surface area contributed by atoms with Gasteiger partial charge < -0.3 is 9.73 Å². The SMILES string of the molecule is C=C1c2ccccc2-c2ccc(C3N=C(c4cccc5oc6c(-c7cc8ccccc8c8ccccc78)cccc6c45)N=C(c4ccc5ccccc5c4)N3)cc21. The molecule has 57 heavy (non-hydrogen) atoms. The fourth-order valence-electron chi connectivity index (χ4n) is 9.09. The molecule has 2 heterocycles. The fraction of sp³-hybridized carbons (Fsp3) is 0.0189. The Morgan fingerprint density at radius 3 is 2.05 bits per heavy atom. The molecule has 4 nitrogen and oxygen atoms in total. The van der Waals surface area contributed by atoms with Gasteiger partial charge in [0.15, 0.2) is 5.84 Å². The maximum atomic E-state index is 6.87. The zero-order chi connectivity index (χ0) is 37.6. The van der Waals surface area contributed by atoms with Crippen LogP contribution in [0, 0.1) is 0 Å². The predicted octanol–water partition coefficient (Wildman–Crippen LogP) is 13.2. The largest absolute Gasteiger partial charge is 0.455 e. The van der Waals surface area contributed by atoms with Crippen molar-refractivity contribution in [2.75, 3.05) is 0 Å². The van der Waals surface area contributed by atoms with Crippen LogP contribution in [0.1, 0.15) is 34.0 Å². The summed E-state index contributed by atoms with van der Waals surface area (Å²) < 4.78 is 6.87. The molecule has 0 amide bonds. The molecule has 1 unspecified atom stereocenters. The third-order valence-corrected chi connectivity index (χ3v) is 11.8. The number of rotatable bonds is 4. The third kappa shape index (κ3) is 4.87. The topological polar surface area (TPSA) is 49.9 Å². The molecule has 1 N–H and O–H groups in total. The molecule has 1 aliphatic heterocycles. The van der Waals surface area contributed by atoms with E-state index in [1.165, 1.54) is 43.6 Å². The summed E-state index contributed by atoms with van der Waals surface area (Å²) in [6, 6.07) is 62.3. The average Bonchev–Trinajstić information content (AvgIpc) is 3.80. The highest BCUT2D eigenvalue weighted by Gasteiger charge is 2.27. The van der Waals surface area contributed by atoms with E-state index in [2.05, 4.69) is 182 Å². The normalized spacial score (nSPS) is 14.9. The van der Waals surface area contributed by atoms with Crippen LogP contribution in [0.15, 0.2) is 197 Å². The summed E-state index contributed by atoms with van der Waals surface area (Å²) >= 11 is 0. The second-order valence-corrected chi connectivity index (χ2v) is 15.0. The number of aliphatic imine (C=N–C) groups is 2. The Kier molecular flexibility index (Phi) is 6.81. The number of amidine groups is 2. The summed E-state index contributed by atoms with van der Waals surface area (Å²) in [6.45, 7) is 4.50. The van der Waals surface area contributed by atoms with Gasteiger partial charge in [-0.15, -0.1) is 0 Å². The highest BCUT2D eigenvalue weighted by molar-refractivity contribution is 6.24. The van der Waals surface area contributed by atoms with E-state index in [1.807, 2.05) is 6.07 Å². The molecule has 2 aliphatic rings. The first-order chi connectivity index (χ1) is 28.2. The Labute approximate surface area is 328 Å². The van der Waals surface area contributed by atoms with E-state index in [4.69, 9.17) is 14.4 Å². The van der Waals surface area contributed by atoms with Crippen molar-refractivity contribution in [2.45, 2.75) is 6.17 Å². The first-order valence-electron chi connectivity index (χ1n) is 19.4. The molecule has 0 saturated carbocycles. The van der Waals surface area contributed by atoms with Gasteiger partial charge in [0, 0.05) is 27.5 Å². The molecule has 12 rings (SSSR count). The number of hydrogen-bond acceptors (Lipinski definition) is 4. The van der Waals surface area contributed by atoms with Crippen LogP contribution >= 0.6 is 0 Å². The Morgan fingerprint density at radius 1 is 0.474 bits per heavy atom. The van der Waals surface area contributed by atoms with Crippen LogP contribution in [-0.4, -0.2) is 11.7 Å². The lowest BCUT2D eigenvalue weighted by atomic mass is 9.92. The van der Waals surface area contributed by atoms with E-state index in [-0.39, 0.29) is 0 Å². The molecule has 0 saturated heterocycles. The lowest BCUT2D eigenvalue weighted by molar-refractivity contribution is 0.669. The summed E-state index contributed by atoms with van der Waals surface area (Å²) in [5.41, 5.74) is 12.6. The number of nitrogens with one attached hydrogen (secondary N) is 1. The lowest BCUT2D eigenvalue weighted by Gasteiger charge is -2.24. The molecule has 266 valence electrons. The highest BCUT2D eigenvalue weighted by atomic mass is 16.3. The minimum absolute atomic E-state index is 0.395. The standard InChI is InChI=1S/C53H33N3O/c1-31-37-15-6-7-17-39(37)42-27-26-36(30-46(31)42)52-54-51(35-25-24-32-12-2-3-13-33(32)28-35)55-53(56-52)45-22-11-23-48-49(45)44-21-10-20-43(50(44)57-48)47-29-34-14-4-5-16-38(34)40-18-8-9-19-41(40)47/h2-30,52H,1H2,(H,54,55,56). The molecule has 0 fully saturated rings. The summed E-state index contributed by atoms with van der Waals surface area (Å²) in [4.78, 5) is 10.7. The fourth-order valence-corrected chi connectivity index (χ4v) is 9.09. The number of fused-ring (bicyclic) bond motifs is 10. The number of nitrogens with zero attached hydrogens (tertiary/aromatic N) is 2. The van der Waals surface area contributed by atoms with Gasteiger partial charge in [0.1, 0.15) is 23.2 Å². The highest BCUT2D eigenvalue weighted by Crippen LogP contribution is 2.45. The maximum absolute atomic E-state index is 6.87. The monoisotopic (exact) mass is 727 g/mol. The van der Waals surface area contributed by atoms with Crippen molar-refractivity contribution in [2.24, 2.45) is 9.98 Å². The maximum Gasteiger partial charge on any atom is 0.160 e. The molecule has 0 spiro atoms. The molecular weight excluding hydrogens is 695 g/mol. The van der Waals surface area contributed by atoms with Gasteiger partial charge in [0.2, 0.25) is 0 Å². The summed E-state index contributed by atoms with van der Waals surface area (Å²) in [5.74, 6) is 1.42. The van der Waals surface area contributed by atoms with Gasteiger partial charge in [0.05, 0.1) is 0 Å². The molecule has 1 atom stereocenters. The number of furan rings is 1. The minimum Gasteiger partial charge on any atom is -0.455 e. The lowest BCUT2D eigenvalue weighted by Crippen LogP contribution is -2.33. The van der Waals surface area contributed by atoms with E-state index < -0.39 is 6.17 Å². The predicted molar refractivity (Wildman–Crippen MR) is 237 cm³/mol. The van der Waals surface area contributed by atoms with Crippen molar-refractivity contribution in [1.29, 1.82) is 0 Å². The van der Waals surface area contributed by atoms with E-state index >= 15 is 0 Å². The molecule has 1 aromatic heterocycles. The molecule has 10 aromatic rings. The van der Waals surface area contributed by atoms with Gasteiger partial charge in [-0.05, 0) is 95.5 Å². The van der Waals surface area contributed by atoms with Crippen molar-refractivity contribution >= 4 is 71.5 Å². The molecule has 4 heteroatoms. The molecule has 1 aliphatic carbocycles. The van der Waals surface area contributed by atoms with Gasteiger partial charge >= 0.3 is 0 Å². The van der Waals surface area contributed by atoms with Crippen molar-refractivity contribution in [1.82, 2.24) is 5.32 Å². The number of para-hydroxylation sites is 1. The summed E-state index contributed by atoms with van der Waals surface area (Å²) in [7, 11) is 0. The Bertz CT molecular complexity index is 3420. The number of hydrogen-bond donors (Lipinski definition) is 1. The second kappa shape index (κ2) is 12.2. The zero-order valence-corrected chi connectivity index (χ0v) is 30.8. The van der Waals surface area contributed by atoms with Crippen molar-refractivity contribution in [3.05, 3.63) is 210 Å². The van der Waals surface area contributed by atoms with Crippen LogP contribution in [-0.2, 0) is 0 Å². The Balaban J connectivity index is 1.05. The average molecular weight is 728 g/mol. The van der Waals surface area contributed by atoms with E-state index in [9.17, 15) is 0 Å². The van der Waals surface area contributed by atoms with Crippen LogP contribution in [0.5, 0.6) is 0 Å². The van der Waals surface area contributed by atoms with Crippen molar-refractivity contribution in [3.8, 4) is 22.3 Å². The van der Waals surface area contributed by atoms with E-state index in [0.717, 1.165) is 72.1 Å². The minimum atomic E-state index is -0.395. The van der Waals surface area contributed by atoms with E-state index in [1.54, 1.807) is 0 Å². The van der Waals surface area contributed by atoms with Crippen molar-refractivity contribution in [3.63, 3.8) is 0 Å². The van der Waals surface area contributed by atoms with Crippen LogP contribution in [0.25, 0.3) is 82.1 Å². The van der Waals surface area contributed by atoms with Gasteiger partial charge in [-0.3, -0.25) is 0 Å². The summed E-state index contributed by atoms with van der Waals surface area (Å²) in [6.07, 6.45) is -0.395. The summed E-state index contributed by atoms with van der Waals surface area (Å²) in [5, 5.41) is 13.0. The number of benzene rings is 9. The first-order valence-corrected chi connectivity index (χ1v) is 19.4. The van der Waals surface area contributed by atoms with Crippen LogP contribution in [0.3, 0.4) is 0 Å². The van der Waals surface area contributed by atoms with Gasteiger partial charge in [-0.25, -0.2) is 9.98 Å². The van der Waals surface area contributed by atoms with Crippen LogP contribution < -0.4 is 5.32 Å². The Hall–Kier alpha value is -7.56. The zero-order valence-electron chi connectivity index (χ0n) is 30.8. The van der Waals surface area contributed by atoms with Crippen LogP contribution in [0.2, 0.25) is 0 Å².